The van der Waals surface area contributed by atoms with Gasteiger partial charge in [0.2, 0.25) is 0 Å². The van der Waals surface area contributed by atoms with Gasteiger partial charge in [-0.05, 0) is 49.2 Å². The molecule has 5 heteroatoms. The van der Waals surface area contributed by atoms with Gasteiger partial charge in [0.25, 0.3) is 5.91 Å². The molecule has 23 heavy (non-hydrogen) atoms. The first-order valence-corrected chi connectivity index (χ1v) is 7.38. The molecule has 0 aliphatic heterocycles. The SMILES string of the molecule is Cc1cccc(OCC(C)NC(=O)c2ccc(CN)cc2)c1.Cl. The van der Waals surface area contributed by atoms with Gasteiger partial charge < -0.3 is 15.8 Å². The molecular formula is C18H23ClN2O2. The molecule has 0 radical (unpaired) electrons. The number of aryl methyl sites for hydroxylation is 1. The van der Waals surface area contributed by atoms with Gasteiger partial charge in [-0.25, -0.2) is 0 Å². The third kappa shape index (κ3) is 5.93. The monoisotopic (exact) mass is 334 g/mol. The van der Waals surface area contributed by atoms with Crippen molar-refractivity contribution in [2.75, 3.05) is 6.61 Å². The Labute approximate surface area is 143 Å². The number of hydrogen-bond acceptors (Lipinski definition) is 3. The number of amides is 1. The maximum absolute atomic E-state index is 12.1. The molecule has 1 atom stereocenters. The standard InChI is InChI=1S/C18H22N2O2.ClH/c1-13-4-3-5-17(10-13)22-12-14(2)20-18(21)16-8-6-15(11-19)7-9-16;/h3-10,14H,11-12,19H2,1-2H3,(H,20,21);1H. The molecule has 2 rings (SSSR count). The Balaban J connectivity index is 0.00000264. The molecule has 4 nitrogen and oxygen atoms in total. The first-order chi connectivity index (χ1) is 10.6. The van der Waals surface area contributed by atoms with Crippen molar-refractivity contribution in [1.82, 2.24) is 5.32 Å². The summed E-state index contributed by atoms with van der Waals surface area (Å²) in [4.78, 5) is 12.1. The van der Waals surface area contributed by atoms with Crippen molar-refractivity contribution in [3.8, 4) is 5.75 Å². The van der Waals surface area contributed by atoms with Crippen LogP contribution in [0.5, 0.6) is 5.75 Å². The van der Waals surface area contributed by atoms with Crippen LogP contribution in [0.4, 0.5) is 0 Å². The van der Waals surface area contributed by atoms with Crippen molar-refractivity contribution < 1.29 is 9.53 Å². The fraction of sp³-hybridized carbons (Fsp3) is 0.278. The van der Waals surface area contributed by atoms with E-state index < -0.39 is 0 Å². The second-order valence-corrected chi connectivity index (χ2v) is 5.40. The smallest absolute Gasteiger partial charge is 0.251 e. The fourth-order valence-corrected chi connectivity index (χ4v) is 2.07. The van der Waals surface area contributed by atoms with E-state index in [4.69, 9.17) is 10.5 Å². The lowest BCUT2D eigenvalue weighted by atomic mass is 10.1. The summed E-state index contributed by atoms with van der Waals surface area (Å²) in [7, 11) is 0. The van der Waals surface area contributed by atoms with Gasteiger partial charge >= 0.3 is 0 Å². The van der Waals surface area contributed by atoms with Crippen LogP contribution in [0.3, 0.4) is 0 Å². The van der Waals surface area contributed by atoms with Crippen LogP contribution >= 0.6 is 12.4 Å². The molecule has 0 saturated heterocycles. The molecule has 0 bridgehead atoms. The van der Waals surface area contributed by atoms with E-state index in [1.54, 1.807) is 12.1 Å². The summed E-state index contributed by atoms with van der Waals surface area (Å²) in [6.07, 6.45) is 0. The third-order valence-electron chi connectivity index (χ3n) is 3.32. The van der Waals surface area contributed by atoms with Gasteiger partial charge in [0.15, 0.2) is 0 Å². The van der Waals surface area contributed by atoms with Crippen LogP contribution in [-0.2, 0) is 6.54 Å². The number of carbonyl (C=O) groups excluding carboxylic acids is 1. The second kappa shape index (κ2) is 9.18. The zero-order valence-electron chi connectivity index (χ0n) is 13.4. The average Bonchev–Trinajstić information content (AvgIpc) is 2.53. The number of rotatable bonds is 6. The molecule has 124 valence electrons. The quantitative estimate of drug-likeness (QED) is 0.853. The minimum Gasteiger partial charge on any atom is -0.491 e. The van der Waals surface area contributed by atoms with Crippen molar-refractivity contribution in [3.05, 3.63) is 65.2 Å². The number of nitrogens with two attached hydrogens (primary N) is 1. The number of nitrogens with one attached hydrogen (secondary N) is 1. The first-order valence-electron chi connectivity index (χ1n) is 7.38. The normalized spacial score (nSPS) is 11.3. The molecule has 0 aliphatic carbocycles. The van der Waals surface area contributed by atoms with Gasteiger partial charge in [-0.3, -0.25) is 4.79 Å². The molecule has 2 aromatic carbocycles. The highest BCUT2D eigenvalue weighted by atomic mass is 35.5. The maximum atomic E-state index is 12.1. The summed E-state index contributed by atoms with van der Waals surface area (Å²) >= 11 is 0. The minimum atomic E-state index is -0.107. The van der Waals surface area contributed by atoms with Crippen molar-refractivity contribution in [1.29, 1.82) is 0 Å². The van der Waals surface area contributed by atoms with E-state index in [1.165, 1.54) is 0 Å². The summed E-state index contributed by atoms with van der Waals surface area (Å²) in [6, 6.07) is 15.1. The molecule has 3 N–H and O–H groups in total. The third-order valence-corrected chi connectivity index (χ3v) is 3.32. The molecule has 0 spiro atoms. The molecule has 1 amide bonds. The number of benzene rings is 2. The van der Waals surface area contributed by atoms with E-state index in [9.17, 15) is 4.79 Å². The van der Waals surface area contributed by atoms with Crippen molar-refractivity contribution in [2.24, 2.45) is 5.73 Å². The molecule has 0 fully saturated rings. The van der Waals surface area contributed by atoms with Crippen LogP contribution in [-0.4, -0.2) is 18.6 Å². The minimum absolute atomic E-state index is 0. The highest BCUT2D eigenvalue weighted by Gasteiger charge is 2.10. The fourth-order valence-electron chi connectivity index (χ4n) is 2.07. The molecule has 0 saturated carbocycles. The molecular weight excluding hydrogens is 312 g/mol. The van der Waals surface area contributed by atoms with Crippen LogP contribution in [0.15, 0.2) is 48.5 Å². The van der Waals surface area contributed by atoms with E-state index in [2.05, 4.69) is 5.32 Å². The first kappa shape index (κ1) is 19.0. The molecule has 1 unspecified atom stereocenters. The van der Waals surface area contributed by atoms with Crippen LogP contribution in [0.25, 0.3) is 0 Å². The van der Waals surface area contributed by atoms with Crippen molar-refractivity contribution >= 4 is 18.3 Å². The van der Waals surface area contributed by atoms with E-state index >= 15 is 0 Å². The Kier molecular flexibility index (Phi) is 7.59. The highest BCUT2D eigenvalue weighted by Crippen LogP contribution is 2.12. The summed E-state index contributed by atoms with van der Waals surface area (Å²) < 4.78 is 5.69. The molecule has 0 aliphatic rings. The van der Waals surface area contributed by atoms with Gasteiger partial charge in [-0.15, -0.1) is 12.4 Å². The lowest BCUT2D eigenvalue weighted by Gasteiger charge is -2.15. The predicted octanol–water partition coefficient (Wildman–Crippen LogP) is 3.07. The number of carbonyl (C=O) groups is 1. The van der Waals surface area contributed by atoms with Gasteiger partial charge in [0, 0.05) is 12.1 Å². The van der Waals surface area contributed by atoms with E-state index in [0.717, 1.165) is 16.9 Å². The zero-order valence-corrected chi connectivity index (χ0v) is 14.2. The molecule has 0 aromatic heterocycles. The lowest BCUT2D eigenvalue weighted by molar-refractivity contribution is 0.0926. The van der Waals surface area contributed by atoms with E-state index in [-0.39, 0.29) is 24.4 Å². The van der Waals surface area contributed by atoms with Gasteiger partial charge in [-0.1, -0.05) is 24.3 Å². The van der Waals surface area contributed by atoms with Crippen LogP contribution < -0.4 is 15.8 Å². The van der Waals surface area contributed by atoms with Gasteiger partial charge in [0.05, 0.1) is 6.04 Å². The zero-order chi connectivity index (χ0) is 15.9. The van der Waals surface area contributed by atoms with E-state index in [1.807, 2.05) is 50.2 Å². The Morgan fingerprint density at radius 3 is 2.52 bits per heavy atom. The van der Waals surface area contributed by atoms with Gasteiger partial charge in [-0.2, -0.15) is 0 Å². The Morgan fingerprint density at radius 2 is 1.91 bits per heavy atom. The van der Waals surface area contributed by atoms with Gasteiger partial charge in [0.1, 0.15) is 12.4 Å². The topological polar surface area (TPSA) is 64.3 Å². The Bertz CT molecular complexity index is 629. The summed E-state index contributed by atoms with van der Waals surface area (Å²) in [5, 5.41) is 2.92. The lowest BCUT2D eigenvalue weighted by Crippen LogP contribution is -2.36. The van der Waals surface area contributed by atoms with Crippen molar-refractivity contribution in [2.45, 2.75) is 26.4 Å². The van der Waals surface area contributed by atoms with Crippen molar-refractivity contribution in [3.63, 3.8) is 0 Å². The Hall–Kier alpha value is -2.04. The van der Waals surface area contributed by atoms with Crippen LogP contribution in [0, 0.1) is 6.92 Å². The predicted molar refractivity (Wildman–Crippen MR) is 95.2 cm³/mol. The number of ether oxygens (including phenoxy) is 1. The number of hydrogen-bond donors (Lipinski definition) is 2. The second-order valence-electron chi connectivity index (χ2n) is 5.40. The molecule has 2 aromatic rings. The number of halogens is 1. The highest BCUT2D eigenvalue weighted by molar-refractivity contribution is 5.94. The van der Waals surface area contributed by atoms with Crippen LogP contribution in [0.1, 0.15) is 28.4 Å². The van der Waals surface area contributed by atoms with E-state index in [0.29, 0.717) is 18.7 Å². The van der Waals surface area contributed by atoms with Crippen LogP contribution in [0.2, 0.25) is 0 Å². The summed E-state index contributed by atoms with van der Waals surface area (Å²) in [5.74, 6) is 0.706. The largest absolute Gasteiger partial charge is 0.491 e. The maximum Gasteiger partial charge on any atom is 0.251 e. The summed E-state index contributed by atoms with van der Waals surface area (Å²) in [6.45, 7) is 4.84. The molecule has 0 heterocycles. The Morgan fingerprint density at radius 1 is 1.22 bits per heavy atom. The summed E-state index contributed by atoms with van der Waals surface area (Å²) in [5.41, 5.74) is 8.32. The average molecular weight is 335 g/mol.